The van der Waals surface area contributed by atoms with Gasteiger partial charge >= 0.3 is 6.18 Å². The van der Waals surface area contributed by atoms with Gasteiger partial charge in [0, 0.05) is 56.3 Å². The molecule has 2 N–H and O–H groups in total. The number of methoxy groups -OCH3 is 1. The first kappa shape index (κ1) is 33.4. The molecule has 1 unspecified atom stereocenters. The van der Waals surface area contributed by atoms with Crippen molar-refractivity contribution in [2.75, 3.05) is 73.7 Å². The predicted molar refractivity (Wildman–Crippen MR) is 172 cm³/mol. The Balaban J connectivity index is 1.25. The van der Waals surface area contributed by atoms with Gasteiger partial charge in [0.05, 0.1) is 55.6 Å². The number of halogens is 4. The van der Waals surface area contributed by atoms with Crippen molar-refractivity contribution >= 4 is 34.6 Å². The zero-order valence-corrected chi connectivity index (χ0v) is 26.4. The highest BCUT2D eigenvalue weighted by Crippen LogP contribution is 2.42. The number of carbonyl (C=O) groups excluding carboxylic acids is 1. The number of hydrogen-bond donors (Lipinski definition) is 2. The first-order valence-corrected chi connectivity index (χ1v) is 15.7. The van der Waals surface area contributed by atoms with E-state index >= 15 is 4.39 Å². The summed E-state index contributed by atoms with van der Waals surface area (Å²) >= 11 is 0. The van der Waals surface area contributed by atoms with E-state index < -0.39 is 23.6 Å². The number of alkyl halides is 3. The molecular formula is C33H37F4N7O4. The molecule has 1 amide bonds. The normalized spacial score (nSPS) is 19.3. The summed E-state index contributed by atoms with van der Waals surface area (Å²) in [4.78, 5) is 31.5. The average Bonchev–Trinajstić information content (AvgIpc) is 3.58. The molecule has 1 aromatic heterocycles. The standard InChI is InChI=1S/C33H37F4N7O4/c1-3-31(45)41-24-17-25(28(46-2)18-27(24)43-10-7-21(8-11-43)42-12-15-47-16-13-42)40-29-19-30(39-20-38-29)44-26(9-14-48-44)22-5-4-6-23(32(22)34)33(35,36)37/h3-6,17-21,26H,1,7-16H2,2H3,(H,41,45)(H,38,39,40). The molecule has 0 saturated carbocycles. The number of hydroxylamine groups is 1. The molecule has 3 aromatic rings. The quantitative estimate of drug-likeness (QED) is 0.218. The molecule has 0 aliphatic carbocycles. The number of amides is 1. The summed E-state index contributed by atoms with van der Waals surface area (Å²) in [5, 5.41) is 7.40. The number of piperidine rings is 1. The van der Waals surface area contributed by atoms with Crippen LogP contribution in [0, 0.1) is 5.82 Å². The number of anilines is 5. The number of rotatable bonds is 9. The Kier molecular flexibility index (Phi) is 9.99. The van der Waals surface area contributed by atoms with Crippen LogP contribution in [0.2, 0.25) is 0 Å². The molecule has 0 spiro atoms. The van der Waals surface area contributed by atoms with Crippen molar-refractivity contribution in [3.05, 3.63) is 72.3 Å². The minimum atomic E-state index is -4.84. The maximum absolute atomic E-state index is 15.1. The maximum atomic E-state index is 15.1. The van der Waals surface area contributed by atoms with Gasteiger partial charge < -0.3 is 25.0 Å². The van der Waals surface area contributed by atoms with Crippen molar-refractivity contribution in [1.29, 1.82) is 0 Å². The molecule has 0 bridgehead atoms. The molecule has 2 aromatic carbocycles. The fraction of sp³-hybridized carbons (Fsp3) is 0.424. The number of benzene rings is 2. The minimum Gasteiger partial charge on any atom is -0.494 e. The molecule has 1 atom stereocenters. The Morgan fingerprint density at radius 2 is 1.81 bits per heavy atom. The third-order valence-corrected chi connectivity index (χ3v) is 8.87. The number of nitrogens with one attached hydrogen (secondary N) is 2. The van der Waals surface area contributed by atoms with E-state index in [2.05, 4.69) is 37.0 Å². The summed E-state index contributed by atoms with van der Waals surface area (Å²) in [5.74, 6) is -0.720. The first-order valence-electron chi connectivity index (χ1n) is 15.7. The molecule has 6 rings (SSSR count). The molecule has 256 valence electrons. The average molecular weight is 672 g/mol. The van der Waals surface area contributed by atoms with Crippen LogP contribution in [0.4, 0.5) is 46.3 Å². The van der Waals surface area contributed by atoms with Crippen molar-refractivity contribution in [1.82, 2.24) is 14.9 Å². The molecule has 3 aliphatic rings. The molecule has 4 heterocycles. The van der Waals surface area contributed by atoms with Crippen LogP contribution in [0.5, 0.6) is 5.75 Å². The Bertz CT molecular complexity index is 1630. The van der Waals surface area contributed by atoms with Gasteiger partial charge in [-0.1, -0.05) is 18.7 Å². The number of morpholine rings is 1. The highest BCUT2D eigenvalue weighted by atomic mass is 19.4. The van der Waals surface area contributed by atoms with Crippen LogP contribution in [0.15, 0.2) is 55.4 Å². The van der Waals surface area contributed by atoms with Gasteiger partial charge in [-0.15, -0.1) is 0 Å². The lowest BCUT2D eigenvalue weighted by molar-refractivity contribution is -0.140. The minimum absolute atomic E-state index is 0.149. The summed E-state index contributed by atoms with van der Waals surface area (Å²) in [6, 6.07) is 7.96. The van der Waals surface area contributed by atoms with Crippen molar-refractivity contribution in [2.45, 2.75) is 37.5 Å². The Morgan fingerprint density at radius 3 is 2.52 bits per heavy atom. The lowest BCUT2D eigenvalue weighted by atomic mass is 10.0. The summed E-state index contributed by atoms with van der Waals surface area (Å²) in [7, 11) is 1.54. The zero-order chi connectivity index (χ0) is 33.8. The summed E-state index contributed by atoms with van der Waals surface area (Å²) in [5.41, 5.74) is 0.340. The maximum Gasteiger partial charge on any atom is 0.419 e. The van der Waals surface area contributed by atoms with Gasteiger partial charge in [-0.25, -0.2) is 19.4 Å². The van der Waals surface area contributed by atoms with Gasteiger partial charge in [0.25, 0.3) is 0 Å². The van der Waals surface area contributed by atoms with Gasteiger partial charge in [0.2, 0.25) is 5.91 Å². The molecule has 15 heteroatoms. The molecule has 11 nitrogen and oxygen atoms in total. The fourth-order valence-corrected chi connectivity index (χ4v) is 6.47. The second kappa shape index (κ2) is 14.3. The van der Waals surface area contributed by atoms with Crippen molar-refractivity contribution in [2.24, 2.45) is 0 Å². The molecule has 0 radical (unpaired) electrons. The van der Waals surface area contributed by atoms with Crippen molar-refractivity contribution in [3.8, 4) is 5.75 Å². The fourth-order valence-electron chi connectivity index (χ4n) is 6.47. The van der Waals surface area contributed by atoms with Crippen molar-refractivity contribution < 1.29 is 36.7 Å². The third-order valence-electron chi connectivity index (χ3n) is 8.87. The smallest absolute Gasteiger partial charge is 0.419 e. The monoisotopic (exact) mass is 671 g/mol. The highest BCUT2D eigenvalue weighted by Gasteiger charge is 2.38. The van der Waals surface area contributed by atoms with Crippen LogP contribution in [0.25, 0.3) is 0 Å². The second-order valence-electron chi connectivity index (χ2n) is 11.7. The van der Waals surface area contributed by atoms with E-state index in [-0.39, 0.29) is 30.3 Å². The topological polar surface area (TPSA) is 104 Å². The van der Waals surface area contributed by atoms with E-state index in [4.69, 9.17) is 14.3 Å². The van der Waals surface area contributed by atoms with Crippen LogP contribution >= 0.6 is 0 Å². The van der Waals surface area contributed by atoms with Crippen LogP contribution in [-0.2, 0) is 20.5 Å². The third kappa shape index (κ3) is 7.17. The zero-order valence-electron chi connectivity index (χ0n) is 26.4. The van der Waals surface area contributed by atoms with Crippen LogP contribution in [0.3, 0.4) is 0 Å². The number of nitrogens with zero attached hydrogens (tertiary/aromatic N) is 5. The van der Waals surface area contributed by atoms with Crippen LogP contribution < -0.4 is 25.3 Å². The SMILES string of the molecule is C=CC(=O)Nc1cc(Nc2cc(N3OCCC3c3cccc(C(F)(F)F)c3F)ncn2)c(OC)cc1N1CCC(N2CCOCC2)CC1. The summed E-state index contributed by atoms with van der Waals surface area (Å²) < 4.78 is 66.6. The largest absolute Gasteiger partial charge is 0.494 e. The van der Waals surface area contributed by atoms with Gasteiger partial charge in [0.15, 0.2) is 5.82 Å². The highest BCUT2D eigenvalue weighted by molar-refractivity contribution is 6.02. The molecule has 48 heavy (non-hydrogen) atoms. The molecule has 3 aliphatic heterocycles. The summed E-state index contributed by atoms with van der Waals surface area (Å²) in [6.45, 7) is 8.66. The van der Waals surface area contributed by atoms with Gasteiger partial charge in [-0.2, -0.15) is 13.2 Å². The lowest BCUT2D eigenvalue weighted by Crippen LogP contribution is -2.49. The number of hydrogen-bond acceptors (Lipinski definition) is 10. The van der Waals surface area contributed by atoms with Gasteiger partial charge in [0.1, 0.15) is 23.7 Å². The number of aromatic nitrogens is 2. The molecule has 3 fully saturated rings. The van der Waals surface area contributed by atoms with E-state index in [1.165, 1.54) is 42.8 Å². The van der Waals surface area contributed by atoms with E-state index in [1.54, 1.807) is 6.07 Å². The van der Waals surface area contributed by atoms with Crippen LogP contribution in [-0.4, -0.2) is 79.9 Å². The Hall–Kier alpha value is -4.47. The first-order chi connectivity index (χ1) is 23.2. The predicted octanol–water partition coefficient (Wildman–Crippen LogP) is 5.70. The Labute approximate surface area is 275 Å². The van der Waals surface area contributed by atoms with E-state index in [0.29, 0.717) is 35.1 Å². The van der Waals surface area contributed by atoms with Gasteiger partial charge in [-0.05, 0) is 31.1 Å². The second-order valence-corrected chi connectivity index (χ2v) is 11.7. The Morgan fingerprint density at radius 1 is 1.04 bits per heavy atom. The lowest BCUT2D eigenvalue weighted by Gasteiger charge is -2.41. The summed E-state index contributed by atoms with van der Waals surface area (Å²) in [6.07, 6.45) is -0.207. The number of carbonyl (C=O) groups is 1. The van der Waals surface area contributed by atoms with Crippen molar-refractivity contribution in [3.63, 3.8) is 0 Å². The number of ether oxygens (including phenoxy) is 2. The van der Waals surface area contributed by atoms with E-state index in [9.17, 15) is 18.0 Å². The van der Waals surface area contributed by atoms with E-state index in [0.717, 1.165) is 57.9 Å². The van der Waals surface area contributed by atoms with E-state index in [1.807, 2.05) is 6.07 Å². The molecular weight excluding hydrogens is 634 g/mol. The van der Waals surface area contributed by atoms with Gasteiger partial charge in [-0.3, -0.25) is 14.5 Å². The molecule has 3 saturated heterocycles. The van der Waals surface area contributed by atoms with Crippen LogP contribution in [0.1, 0.15) is 36.4 Å².